The largest absolute Gasteiger partial charge is 0.441 e. The minimum absolute atomic E-state index is 0.413. The quantitative estimate of drug-likeness (QED) is 0.808. The van der Waals surface area contributed by atoms with Crippen molar-refractivity contribution in [2.75, 3.05) is 13.7 Å². The lowest BCUT2D eigenvalue weighted by molar-refractivity contribution is 0.0000237. The van der Waals surface area contributed by atoms with Gasteiger partial charge >= 0.3 is 0 Å². The zero-order valence-corrected chi connectivity index (χ0v) is 10.8. The molecule has 1 aromatic rings. The molecule has 0 aromatic carbocycles. The molecule has 0 aliphatic carbocycles. The van der Waals surface area contributed by atoms with Crippen LogP contribution in [0, 0.1) is 5.92 Å². The Bertz CT molecular complexity index is 319. The standard InChI is InChI=1S/C12H22N2O2/c1-9(2)6-13-8-11-14-7-10(16-11)12(3,4)15-5/h7,9,13H,6,8H2,1-5H3. The van der Waals surface area contributed by atoms with Crippen molar-refractivity contribution in [3.8, 4) is 0 Å². The number of nitrogens with zero attached hydrogens (tertiary/aromatic N) is 1. The topological polar surface area (TPSA) is 47.3 Å². The van der Waals surface area contributed by atoms with Crippen molar-refractivity contribution in [1.82, 2.24) is 10.3 Å². The minimum atomic E-state index is -0.413. The smallest absolute Gasteiger partial charge is 0.208 e. The van der Waals surface area contributed by atoms with Gasteiger partial charge < -0.3 is 14.5 Å². The molecule has 0 unspecified atom stereocenters. The van der Waals surface area contributed by atoms with Crippen LogP contribution in [0.4, 0.5) is 0 Å². The van der Waals surface area contributed by atoms with Crippen LogP contribution in [-0.2, 0) is 16.9 Å². The first kappa shape index (κ1) is 13.2. The van der Waals surface area contributed by atoms with Crippen molar-refractivity contribution in [1.29, 1.82) is 0 Å². The minimum Gasteiger partial charge on any atom is -0.441 e. The summed E-state index contributed by atoms with van der Waals surface area (Å²) >= 11 is 0. The van der Waals surface area contributed by atoms with Gasteiger partial charge in [-0.25, -0.2) is 4.98 Å². The second kappa shape index (κ2) is 5.46. The average molecular weight is 226 g/mol. The van der Waals surface area contributed by atoms with Gasteiger partial charge in [0.05, 0.1) is 12.7 Å². The molecule has 1 N–H and O–H groups in total. The van der Waals surface area contributed by atoms with Crippen LogP contribution in [0.25, 0.3) is 0 Å². The molecule has 0 aliphatic heterocycles. The molecule has 1 rings (SSSR count). The van der Waals surface area contributed by atoms with E-state index < -0.39 is 5.60 Å². The van der Waals surface area contributed by atoms with Crippen LogP contribution in [0.3, 0.4) is 0 Å². The highest BCUT2D eigenvalue weighted by Crippen LogP contribution is 2.24. The number of oxazole rings is 1. The van der Waals surface area contributed by atoms with Crippen LogP contribution < -0.4 is 5.32 Å². The van der Waals surface area contributed by atoms with Gasteiger partial charge in [-0.3, -0.25) is 0 Å². The van der Waals surface area contributed by atoms with Gasteiger partial charge in [-0.1, -0.05) is 13.8 Å². The normalized spacial score (nSPS) is 12.4. The maximum absolute atomic E-state index is 5.62. The van der Waals surface area contributed by atoms with E-state index in [1.807, 2.05) is 13.8 Å². The van der Waals surface area contributed by atoms with Gasteiger partial charge in [0.15, 0.2) is 5.76 Å². The Morgan fingerprint density at radius 2 is 2.19 bits per heavy atom. The molecule has 1 aromatic heterocycles. The van der Waals surface area contributed by atoms with Crippen LogP contribution in [0.5, 0.6) is 0 Å². The van der Waals surface area contributed by atoms with E-state index in [1.54, 1.807) is 13.3 Å². The van der Waals surface area contributed by atoms with Crippen LogP contribution >= 0.6 is 0 Å². The zero-order chi connectivity index (χ0) is 12.2. The molecule has 0 aliphatic rings. The van der Waals surface area contributed by atoms with Gasteiger partial charge in [0.2, 0.25) is 5.89 Å². The molecule has 0 saturated heterocycles. The van der Waals surface area contributed by atoms with Gasteiger partial charge in [-0.2, -0.15) is 0 Å². The van der Waals surface area contributed by atoms with E-state index in [0.717, 1.165) is 12.3 Å². The molecule has 92 valence electrons. The van der Waals surface area contributed by atoms with Crippen molar-refractivity contribution in [2.45, 2.75) is 39.8 Å². The Balaban J connectivity index is 2.52. The van der Waals surface area contributed by atoms with Crippen molar-refractivity contribution >= 4 is 0 Å². The van der Waals surface area contributed by atoms with E-state index >= 15 is 0 Å². The fraction of sp³-hybridized carbons (Fsp3) is 0.750. The summed E-state index contributed by atoms with van der Waals surface area (Å²) < 4.78 is 10.9. The van der Waals surface area contributed by atoms with Gasteiger partial charge in [0, 0.05) is 7.11 Å². The molecule has 0 radical (unpaired) electrons. The van der Waals surface area contributed by atoms with Crippen LogP contribution in [0.2, 0.25) is 0 Å². The molecular weight excluding hydrogens is 204 g/mol. The fourth-order valence-electron chi connectivity index (χ4n) is 1.24. The Hall–Kier alpha value is -0.870. The monoisotopic (exact) mass is 226 g/mol. The molecule has 0 saturated carbocycles. The summed E-state index contributed by atoms with van der Waals surface area (Å²) in [7, 11) is 1.67. The van der Waals surface area contributed by atoms with E-state index in [0.29, 0.717) is 18.4 Å². The number of methoxy groups -OCH3 is 1. The molecule has 16 heavy (non-hydrogen) atoms. The molecule has 4 heteroatoms. The fourth-order valence-corrected chi connectivity index (χ4v) is 1.24. The number of rotatable bonds is 6. The number of ether oxygens (including phenoxy) is 1. The third-order valence-electron chi connectivity index (χ3n) is 2.49. The first-order valence-corrected chi connectivity index (χ1v) is 5.66. The lowest BCUT2D eigenvalue weighted by Gasteiger charge is -2.18. The van der Waals surface area contributed by atoms with Crippen LogP contribution in [-0.4, -0.2) is 18.6 Å². The Kier molecular flexibility index (Phi) is 4.50. The lowest BCUT2D eigenvalue weighted by Crippen LogP contribution is -2.19. The maximum atomic E-state index is 5.62. The van der Waals surface area contributed by atoms with Crippen molar-refractivity contribution in [3.05, 3.63) is 17.8 Å². The summed E-state index contributed by atoms with van der Waals surface area (Å²) in [4.78, 5) is 4.22. The average Bonchev–Trinajstić information content (AvgIpc) is 2.66. The summed E-state index contributed by atoms with van der Waals surface area (Å²) in [5, 5.41) is 3.29. The highest BCUT2D eigenvalue weighted by Gasteiger charge is 2.24. The van der Waals surface area contributed by atoms with E-state index in [4.69, 9.17) is 9.15 Å². The van der Waals surface area contributed by atoms with E-state index in [-0.39, 0.29) is 0 Å². The van der Waals surface area contributed by atoms with Crippen molar-refractivity contribution < 1.29 is 9.15 Å². The molecule has 0 atom stereocenters. The first-order chi connectivity index (χ1) is 7.45. The highest BCUT2D eigenvalue weighted by atomic mass is 16.5. The Morgan fingerprint density at radius 3 is 2.75 bits per heavy atom. The predicted molar refractivity (Wildman–Crippen MR) is 63.1 cm³/mol. The third-order valence-corrected chi connectivity index (χ3v) is 2.49. The van der Waals surface area contributed by atoms with Crippen molar-refractivity contribution in [3.63, 3.8) is 0 Å². The number of nitrogens with one attached hydrogen (secondary N) is 1. The molecule has 1 heterocycles. The van der Waals surface area contributed by atoms with E-state index in [1.165, 1.54) is 0 Å². The second-order valence-corrected chi connectivity index (χ2v) is 4.86. The number of hydrogen-bond acceptors (Lipinski definition) is 4. The summed E-state index contributed by atoms with van der Waals surface area (Å²) in [6.45, 7) is 9.88. The van der Waals surface area contributed by atoms with Gasteiger partial charge in [0.25, 0.3) is 0 Å². The molecule has 0 spiro atoms. The number of aromatic nitrogens is 1. The van der Waals surface area contributed by atoms with Gasteiger partial charge in [-0.15, -0.1) is 0 Å². The third kappa shape index (κ3) is 3.61. The summed E-state index contributed by atoms with van der Waals surface area (Å²) in [6.07, 6.45) is 1.73. The molecule has 0 fully saturated rings. The Labute approximate surface area is 97.4 Å². The molecular formula is C12H22N2O2. The molecule has 4 nitrogen and oxygen atoms in total. The van der Waals surface area contributed by atoms with Gasteiger partial charge in [-0.05, 0) is 26.3 Å². The highest BCUT2D eigenvalue weighted by molar-refractivity contribution is 5.03. The van der Waals surface area contributed by atoms with Crippen LogP contribution in [0.1, 0.15) is 39.3 Å². The lowest BCUT2D eigenvalue weighted by atomic mass is 10.1. The Morgan fingerprint density at radius 1 is 1.50 bits per heavy atom. The number of hydrogen-bond donors (Lipinski definition) is 1. The first-order valence-electron chi connectivity index (χ1n) is 5.66. The predicted octanol–water partition coefficient (Wildman–Crippen LogP) is 2.30. The summed E-state index contributed by atoms with van der Waals surface area (Å²) in [5.41, 5.74) is -0.413. The second-order valence-electron chi connectivity index (χ2n) is 4.86. The van der Waals surface area contributed by atoms with Crippen LogP contribution in [0.15, 0.2) is 10.6 Å². The molecule has 0 amide bonds. The van der Waals surface area contributed by atoms with Crippen molar-refractivity contribution in [2.24, 2.45) is 5.92 Å². The zero-order valence-electron chi connectivity index (χ0n) is 10.8. The summed E-state index contributed by atoms with van der Waals surface area (Å²) in [5.74, 6) is 2.10. The van der Waals surface area contributed by atoms with E-state index in [2.05, 4.69) is 24.1 Å². The maximum Gasteiger partial charge on any atom is 0.208 e. The van der Waals surface area contributed by atoms with Gasteiger partial charge in [0.1, 0.15) is 5.60 Å². The SMILES string of the molecule is COC(C)(C)c1cnc(CNCC(C)C)o1. The summed E-state index contributed by atoms with van der Waals surface area (Å²) in [6, 6.07) is 0. The molecule has 0 bridgehead atoms. The van der Waals surface area contributed by atoms with E-state index in [9.17, 15) is 0 Å².